The van der Waals surface area contributed by atoms with Crippen LogP contribution in [0.15, 0.2) is 18.3 Å². The van der Waals surface area contributed by atoms with Crippen LogP contribution in [0.1, 0.15) is 31.9 Å². The second kappa shape index (κ2) is 6.35. The van der Waals surface area contributed by atoms with Crippen molar-refractivity contribution < 1.29 is 0 Å². The molecule has 0 radical (unpaired) electrons. The van der Waals surface area contributed by atoms with Crippen molar-refractivity contribution >= 4 is 5.82 Å². The summed E-state index contributed by atoms with van der Waals surface area (Å²) in [6.45, 7) is 7.71. The zero-order valence-electron chi connectivity index (χ0n) is 12.6. The molecule has 0 aromatic carbocycles. The summed E-state index contributed by atoms with van der Waals surface area (Å²) in [7, 11) is 4.22. The van der Waals surface area contributed by atoms with E-state index >= 15 is 0 Å². The number of aromatic nitrogens is 1. The first-order valence-electron chi connectivity index (χ1n) is 7.24. The van der Waals surface area contributed by atoms with Crippen molar-refractivity contribution in [2.75, 3.05) is 38.6 Å². The lowest BCUT2D eigenvalue weighted by atomic mass is 10.1. The molecule has 2 heterocycles. The topological polar surface area (TPSA) is 31.4 Å². The van der Waals surface area contributed by atoms with E-state index in [9.17, 15) is 0 Å². The van der Waals surface area contributed by atoms with Gasteiger partial charge in [0, 0.05) is 43.5 Å². The molecular formula is C15H26N4. The Balaban J connectivity index is 2.22. The molecule has 0 bridgehead atoms. The number of nitrogens with one attached hydrogen (secondary N) is 1. The molecule has 4 heteroatoms. The zero-order valence-corrected chi connectivity index (χ0v) is 12.6. The molecule has 2 rings (SSSR count). The maximum atomic E-state index is 4.63. The monoisotopic (exact) mass is 262 g/mol. The molecule has 106 valence electrons. The van der Waals surface area contributed by atoms with Gasteiger partial charge in [-0.15, -0.1) is 0 Å². The largest absolute Gasteiger partial charge is 0.353 e. The molecule has 1 N–H and O–H groups in total. The van der Waals surface area contributed by atoms with E-state index in [2.05, 4.69) is 47.1 Å². The lowest BCUT2D eigenvalue weighted by Crippen LogP contribution is -2.51. The van der Waals surface area contributed by atoms with Crippen LogP contribution in [0.2, 0.25) is 0 Å². The van der Waals surface area contributed by atoms with Crippen molar-refractivity contribution in [3.63, 3.8) is 0 Å². The van der Waals surface area contributed by atoms with Crippen LogP contribution in [-0.4, -0.2) is 49.7 Å². The highest BCUT2D eigenvalue weighted by Gasteiger charge is 2.25. The molecule has 0 amide bonds. The van der Waals surface area contributed by atoms with Crippen LogP contribution in [0.3, 0.4) is 0 Å². The number of piperazine rings is 1. The highest BCUT2D eigenvalue weighted by atomic mass is 15.3. The number of nitrogens with zero attached hydrogens (tertiary/aromatic N) is 3. The molecule has 1 aromatic rings. The number of hydrogen-bond donors (Lipinski definition) is 1. The molecule has 0 aliphatic carbocycles. The quantitative estimate of drug-likeness (QED) is 0.898. The molecule has 0 saturated carbocycles. The highest BCUT2D eigenvalue weighted by Crippen LogP contribution is 2.25. The molecule has 1 saturated heterocycles. The van der Waals surface area contributed by atoms with E-state index in [1.807, 2.05) is 19.3 Å². The van der Waals surface area contributed by atoms with Crippen LogP contribution in [0.5, 0.6) is 0 Å². The third-order valence-corrected chi connectivity index (χ3v) is 4.26. The fourth-order valence-electron chi connectivity index (χ4n) is 2.75. The predicted octanol–water partition coefficient (Wildman–Crippen LogP) is 1.89. The number of rotatable bonds is 4. The summed E-state index contributed by atoms with van der Waals surface area (Å²) < 4.78 is 0. The van der Waals surface area contributed by atoms with Gasteiger partial charge in [0.15, 0.2) is 0 Å². The van der Waals surface area contributed by atoms with Crippen molar-refractivity contribution in [2.45, 2.75) is 32.4 Å². The second-order valence-corrected chi connectivity index (χ2v) is 5.42. The summed E-state index contributed by atoms with van der Waals surface area (Å²) in [6.07, 6.45) is 3.09. The van der Waals surface area contributed by atoms with Gasteiger partial charge in [0.25, 0.3) is 0 Å². The van der Waals surface area contributed by atoms with Crippen LogP contribution in [-0.2, 0) is 0 Å². The van der Waals surface area contributed by atoms with E-state index < -0.39 is 0 Å². The minimum absolute atomic E-state index is 0.337. The summed E-state index contributed by atoms with van der Waals surface area (Å²) in [4.78, 5) is 9.53. The molecule has 1 aliphatic heterocycles. The molecule has 2 atom stereocenters. The Hall–Kier alpha value is -1.13. The number of likely N-dealkylation sites (N-methyl/N-ethyl adjacent to an activating group) is 1. The molecule has 1 aliphatic rings. The van der Waals surface area contributed by atoms with E-state index in [1.165, 1.54) is 12.0 Å². The Labute approximate surface area is 116 Å². The maximum Gasteiger partial charge on any atom is 0.133 e. The summed E-state index contributed by atoms with van der Waals surface area (Å²) in [5.41, 5.74) is 1.30. The van der Waals surface area contributed by atoms with Gasteiger partial charge < -0.3 is 10.2 Å². The van der Waals surface area contributed by atoms with Crippen molar-refractivity contribution in [3.05, 3.63) is 23.9 Å². The third kappa shape index (κ3) is 3.07. The van der Waals surface area contributed by atoms with Gasteiger partial charge in [0.1, 0.15) is 5.82 Å². The maximum absolute atomic E-state index is 4.63. The fourth-order valence-corrected chi connectivity index (χ4v) is 2.75. The number of pyridine rings is 1. The van der Waals surface area contributed by atoms with Crippen molar-refractivity contribution in [1.82, 2.24) is 15.2 Å². The normalized spacial score (nSPS) is 22.5. The lowest BCUT2D eigenvalue weighted by molar-refractivity contribution is 0.212. The minimum atomic E-state index is 0.337. The van der Waals surface area contributed by atoms with Crippen LogP contribution in [0.25, 0.3) is 0 Å². The number of hydrogen-bond acceptors (Lipinski definition) is 4. The zero-order chi connectivity index (χ0) is 13.8. The van der Waals surface area contributed by atoms with Crippen LogP contribution in [0, 0.1) is 0 Å². The summed E-state index contributed by atoms with van der Waals surface area (Å²) in [5, 5.41) is 3.32. The van der Waals surface area contributed by atoms with Gasteiger partial charge in [0.2, 0.25) is 0 Å². The Bertz CT molecular complexity index is 407. The van der Waals surface area contributed by atoms with Crippen LogP contribution >= 0.6 is 0 Å². The Morgan fingerprint density at radius 3 is 2.95 bits per heavy atom. The minimum Gasteiger partial charge on any atom is -0.353 e. The van der Waals surface area contributed by atoms with Gasteiger partial charge in [-0.25, -0.2) is 4.98 Å². The van der Waals surface area contributed by atoms with Crippen molar-refractivity contribution in [2.24, 2.45) is 0 Å². The summed E-state index contributed by atoms with van der Waals surface area (Å²) >= 11 is 0. The molecule has 1 aromatic heterocycles. The van der Waals surface area contributed by atoms with Gasteiger partial charge in [-0.3, -0.25) is 4.90 Å². The van der Waals surface area contributed by atoms with Crippen LogP contribution in [0.4, 0.5) is 5.82 Å². The SMILES string of the molecule is CCC1CN(c2ncccc2C(C)NC)CCN1C. The van der Waals surface area contributed by atoms with E-state index in [0.717, 1.165) is 25.5 Å². The molecule has 1 fully saturated rings. The van der Waals surface area contributed by atoms with Gasteiger partial charge >= 0.3 is 0 Å². The van der Waals surface area contributed by atoms with Gasteiger partial charge in [-0.05, 0) is 33.5 Å². The summed E-state index contributed by atoms with van der Waals surface area (Å²) in [6, 6.07) is 5.18. The van der Waals surface area contributed by atoms with Gasteiger partial charge in [0.05, 0.1) is 0 Å². The Morgan fingerprint density at radius 1 is 1.47 bits per heavy atom. The first kappa shape index (κ1) is 14.3. The van der Waals surface area contributed by atoms with Gasteiger partial charge in [-0.1, -0.05) is 13.0 Å². The van der Waals surface area contributed by atoms with Crippen molar-refractivity contribution in [1.29, 1.82) is 0 Å². The molecule has 2 unspecified atom stereocenters. The smallest absolute Gasteiger partial charge is 0.133 e. The fraction of sp³-hybridized carbons (Fsp3) is 0.667. The molecular weight excluding hydrogens is 236 g/mol. The second-order valence-electron chi connectivity index (χ2n) is 5.42. The summed E-state index contributed by atoms with van der Waals surface area (Å²) in [5.74, 6) is 1.15. The molecule has 4 nitrogen and oxygen atoms in total. The first-order valence-corrected chi connectivity index (χ1v) is 7.24. The van der Waals surface area contributed by atoms with Crippen LogP contribution < -0.4 is 10.2 Å². The predicted molar refractivity (Wildman–Crippen MR) is 80.6 cm³/mol. The average Bonchev–Trinajstić information content (AvgIpc) is 2.47. The van der Waals surface area contributed by atoms with Crippen molar-refractivity contribution in [3.8, 4) is 0 Å². The Morgan fingerprint density at radius 2 is 2.26 bits per heavy atom. The van der Waals surface area contributed by atoms with E-state index in [4.69, 9.17) is 0 Å². The molecule has 19 heavy (non-hydrogen) atoms. The average molecular weight is 262 g/mol. The highest BCUT2D eigenvalue weighted by molar-refractivity contribution is 5.49. The van der Waals surface area contributed by atoms with E-state index in [1.54, 1.807) is 0 Å². The lowest BCUT2D eigenvalue weighted by Gasteiger charge is -2.40. The molecule has 0 spiro atoms. The number of anilines is 1. The van der Waals surface area contributed by atoms with Gasteiger partial charge in [-0.2, -0.15) is 0 Å². The van der Waals surface area contributed by atoms with E-state index in [-0.39, 0.29) is 0 Å². The third-order valence-electron chi connectivity index (χ3n) is 4.26. The Kier molecular flexibility index (Phi) is 4.77. The standard InChI is InChI=1S/C15H26N4/c1-5-13-11-19(10-9-18(13)4)15-14(12(2)16-3)7-6-8-17-15/h6-8,12-13,16H,5,9-11H2,1-4H3. The van der Waals surface area contributed by atoms with E-state index in [0.29, 0.717) is 12.1 Å². The first-order chi connectivity index (χ1) is 9.17.